The minimum atomic E-state index is -0.0925. The molecule has 1 unspecified atom stereocenters. The third-order valence-electron chi connectivity index (χ3n) is 4.37. The van der Waals surface area contributed by atoms with Gasteiger partial charge in [0.15, 0.2) is 5.96 Å². The van der Waals surface area contributed by atoms with Crippen molar-refractivity contribution in [2.45, 2.75) is 33.1 Å². The average Bonchev–Trinajstić information content (AvgIpc) is 2.60. The van der Waals surface area contributed by atoms with Crippen LogP contribution in [-0.2, 0) is 16.0 Å². The van der Waals surface area contributed by atoms with Gasteiger partial charge in [-0.25, -0.2) is 0 Å². The van der Waals surface area contributed by atoms with Gasteiger partial charge in [0.2, 0.25) is 0 Å². The van der Waals surface area contributed by atoms with Crippen LogP contribution in [-0.4, -0.2) is 55.1 Å². The van der Waals surface area contributed by atoms with Crippen LogP contribution in [0.15, 0.2) is 23.5 Å². The lowest BCUT2D eigenvalue weighted by atomic mass is 9.98. The highest BCUT2D eigenvalue weighted by Gasteiger charge is 2.28. The molecule has 0 bridgehead atoms. The van der Waals surface area contributed by atoms with E-state index in [0.717, 1.165) is 38.3 Å². The molecule has 6 heteroatoms. The van der Waals surface area contributed by atoms with Crippen molar-refractivity contribution in [3.05, 3.63) is 29.6 Å². The zero-order valence-electron chi connectivity index (χ0n) is 14.9. The molecule has 1 aliphatic heterocycles. The summed E-state index contributed by atoms with van der Waals surface area (Å²) in [6.45, 7) is 6.76. The molecule has 0 saturated carbocycles. The molecule has 132 valence electrons. The topological polar surface area (TPSA) is 66.8 Å². The van der Waals surface area contributed by atoms with Crippen LogP contribution in [0.25, 0.3) is 0 Å². The lowest BCUT2D eigenvalue weighted by Gasteiger charge is -2.34. The second-order valence-electron chi connectivity index (χ2n) is 6.06. The average molecular weight is 332 g/mol. The lowest BCUT2D eigenvalue weighted by molar-refractivity contribution is -0.149. The van der Waals surface area contributed by atoms with E-state index in [0.29, 0.717) is 13.2 Å². The van der Waals surface area contributed by atoms with Crippen LogP contribution >= 0.6 is 0 Å². The van der Waals surface area contributed by atoms with E-state index in [-0.39, 0.29) is 11.9 Å². The molecule has 1 aliphatic rings. The fourth-order valence-corrected chi connectivity index (χ4v) is 3.05. The zero-order chi connectivity index (χ0) is 17.4. The number of nitrogens with zero attached hydrogens (tertiary/aromatic N) is 3. The molecule has 1 aromatic rings. The first kappa shape index (κ1) is 18.2. The Morgan fingerprint density at radius 2 is 2.38 bits per heavy atom. The van der Waals surface area contributed by atoms with Crippen molar-refractivity contribution in [2.75, 3.05) is 33.3 Å². The number of hydrogen-bond acceptors (Lipinski definition) is 4. The molecule has 2 heterocycles. The summed E-state index contributed by atoms with van der Waals surface area (Å²) >= 11 is 0. The predicted octanol–water partition coefficient (Wildman–Crippen LogP) is 1.78. The molecular weight excluding hydrogens is 304 g/mol. The highest BCUT2D eigenvalue weighted by Crippen LogP contribution is 2.18. The zero-order valence-corrected chi connectivity index (χ0v) is 14.9. The molecule has 0 aliphatic carbocycles. The first-order valence-corrected chi connectivity index (χ1v) is 8.67. The maximum Gasteiger partial charge on any atom is 0.310 e. The number of aromatic nitrogens is 1. The van der Waals surface area contributed by atoms with Gasteiger partial charge < -0.3 is 15.0 Å². The Hall–Kier alpha value is -2.11. The van der Waals surface area contributed by atoms with E-state index in [4.69, 9.17) is 4.74 Å². The number of rotatable bonds is 5. The van der Waals surface area contributed by atoms with Gasteiger partial charge in [-0.1, -0.05) is 0 Å². The molecule has 1 saturated heterocycles. The summed E-state index contributed by atoms with van der Waals surface area (Å²) in [5.74, 6) is 0.709. The van der Waals surface area contributed by atoms with Crippen molar-refractivity contribution in [1.29, 1.82) is 0 Å². The molecule has 0 aromatic carbocycles. The van der Waals surface area contributed by atoms with E-state index < -0.39 is 0 Å². The maximum atomic E-state index is 12.0. The summed E-state index contributed by atoms with van der Waals surface area (Å²) < 4.78 is 5.16. The Labute approximate surface area is 144 Å². The summed E-state index contributed by atoms with van der Waals surface area (Å²) in [5, 5.41) is 3.41. The van der Waals surface area contributed by atoms with Crippen LogP contribution in [0.2, 0.25) is 0 Å². The summed E-state index contributed by atoms with van der Waals surface area (Å²) in [7, 11) is 1.79. The van der Waals surface area contributed by atoms with Gasteiger partial charge in [0.1, 0.15) is 0 Å². The molecule has 0 spiro atoms. The van der Waals surface area contributed by atoms with Crippen molar-refractivity contribution < 1.29 is 9.53 Å². The summed E-state index contributed by atoms with van der Waals surface area (Å²) in [6, 6.07) is 2.05. The van der Waals surface area contributed by atoms with Crippen molar-refractivity contribution >= 4 is 11.9 Å². The molecule has 1 atom stereocenters. The Morgan fingerprint density at radius 3 is 3.08 bits per heavy atom. The number of aliphatic imine (C=N–C) groups is 1. The standard InChI is InChI=1S/C18H28N4O2/c1-4-24-17(23)16-6-5-11-22(13-16)18(19-3)21-10-8-15-7-9-20-12-14(15)2/h7,9,12,16H,4-6,8,10-11,13H2,1-3H3,(H,19,21). The minimum Gasteiger partial charge on any atom is -0.466 e. The minimum absolute atomic E-state index is 0.0558. The molecule has 1 aromatic heterocycles. The first-order chi connectivity index (χ1) is 11.7. The Kier molecular flexibility index (Phi) is 7.03. The smallest absolute Gasteiger partial charge is 0.310 e. The number of carbonyl (C=O) groups excluding carboxylic acids is 1. The number of esters is 1. The number of hydrogen-bond donors (Lipinski definition) is 1. The maximum absolute atomic E-state index is 12.0. The monoisotopic (exact) mass is 332 g/mol. The fourth-order valence-electron chi connectivity index (χ4n) is 3.05. The molecule has 24 heavy (non-hydrogen) atoms. The van der Waals surface area contributed by atoms with Crippen molar-refractivity contribution in [3.63, 3.8) is 0 Å². The highest BCUT2D eigenvalue weighted by molar-refractivity contribution is 5.81. The van der Waals surface area contributed by atoms with Crippen LogP contribution < -0.4 is 5.32 Å². The number of ether oxygens (including phenoxy) is 1. The van der Waals surface area contributed by atoms with Crippen LogP contribution in [0.3, 0.4) is 0 Å². The molecule has 2 rings (SSSR count). The van der Waals surface area contributed by atoms with E-state index >= 15 is 0 Å². The quantitative estimate of drug-likeness (QED) is 0.506. The Balaban J connectivity index is 1.87. The van der Waals surface area contributed by atoms with Gasteiger partial charge in [-0.3, -0.25) is 14.8 Å². The van der Waals surface area contributed by atoms with Gasteiger partial charge in [0, 0.05) is 39.1 Å². The summed E-state index contributed by atoms with van der Waals surface area (Å²) in [5.41, 5.74) is 2.49. The van der Waals surface area contributed by atoms with Crippen LogP contribution in [0.1, 0.15) is 30.9 Å². The predicted molar refractivity (Wildman–Crippen MR) is 95.0 cm³/mol. The van der Waals surface area contributed by atoms with E-state index in [9.17, 15) is 4.79 Å². The number of guanidine groups is 1. The normalized spacial score (nSPS) is 18.4. The Morgan fingerprint density at radius 1 is 1.54 bits per heavy atom. The van der Waals surface area contributed by atoms with E-state index in [1.807, 2.05) is 19.3 Å². The number of carbonyl (C=O) groups is 1. The molecule has 1 fully saturated rings. The fraction of sp³-hybridized carbons (Fsp3) is 0.611. The molecule has 0 amide bonds. The van der Waals surface area contributed by atoms with Gasteiger partial charge in [0.25, 0.3) is 0 Å². The van der Waals surface area contributed by atoms with Gasteiger partial charge in [0.05, 0.1) is 12.5 Å². The van der Waals surface area contributed by atoms with E-state index in [1.165, 1.54) is 11.1 Å². The van der Waals surface area contributed by atoms with Crippen molar-refractivity contribution in [1.82, 2.24) is 15.2 Å². The molecule has 0 radical (unpaired) electrons. The van der Waals surface area contributed by atoms with Crippen LogP contribution in [0, 0.1) is 12.8 Å². The third kappa shape index (κ3) is 4.94. The SMILES string of the molecule is CCOC(=O)C1CCCN(C(=NC)NCCc2ccncc2C)C1. The van der Waals surface area contributed by atoms with Crippen molar-refractivity contribution in [2.24, 2.45) is 10.9 Å². The molecule has 1 N–H and O–H groups in total. The number of piperidine rings is 1. The van der Waals surface area contributed by atoms with Crippen LogP contribution in [0.5, 0.6) is 0 Å². The van der Waals surface area contributed by atoms with Gasteiger partial charge in [-0.2, -0.15) is 0 Å². The van der Waals surface area contributed by atoms with E-state index in [2.05, 4.69) is 33.2 Å². The van der Waals surface area contributed by atoms with Crippen LogP contribution in [0.4, 0.5) is 0 Å². The van der Waals surface area contributed by atoms with Crippen molar-refractivity contribution in [3.8, 4) is 0 Å². The summed E-state index contributed by atoms with van der Waals surface area (Å²) in [4.78, 5) is 22.6. The second kappa shape index (κ2) is 9.25. The second-order valence-corrected chi connectivity index (χ2v) is 6.06. The number of nitrogens with one attached hydrogen (secondary N) is 1. The highest BCUT2D eigenvalue weighted by atomic mass is 16.5. The van der Waals surface area contributed by atoms with Gasteiger partial charge in [-0.15, -0.1) is 0 Å². The Bertz CT molecular complexity index is 574. The van der Waals surface area contributed by atoms with Gasteiger partial charge >= 0.3 is 5.97 Å². The number of pyridine rings is 1. The molecule has 6 nitrogen and oxygen atoms in total. The third-order valence-corrected chi connectivity index (χ3v) is 4.37. The summed E-state index contributed by atoms with van der Waals surface area (Å²) in [6.07, 6.45) is 6.50. The van der Waals surface area contributed by atoms with E-state index in [1.54, 1.807) is 7.05 Å². The first-order valence-electron chi connectivity index (χ1n) is 8.67. The largest absolute Gasteiger partial charge is 0.466 e. The number of aryl methyl sites for hydroxylation is 1. The number of likely N-dealkylation sites (tertiary alicyclic amines) is 1. The lowest BCUT2D eigenvalue weighted by Crippen LogP contribution is -2.48. The van der Waals surface area contributed by atoms with Gasteiger partial charge in [-0.05, 0) is 50.3 Å². The molecular formula is C18H28N4O2.